The van der Waals surface area contributed by atoms with Gasteiger partial charge in [-0.25, -0.2) is 4.79 Å². The van der Waals surface area contributed by atoms with E-state index >= 15 is 0 Å². The predicted octanol–water partition coefficient (Wildman–Crippen LogP) is 2.55. The van der Waals surface area contributed by atoms with Gasteiger partial charge in [-0.05, 0) is 31.0 Å². The van der Waals surface area contributed by atoms with Crippen LogP contribution in [0.3, 0.4) is 0 Å². The molecule has 0 aliphatic rings. The maximum atomic E-state index is 10.8. The van der Waals surface area contributed by atoms with E-state index in [4.69, 9.17) is 5.11 Å². The average molecular weight is 201 g/mol. The van der Waals surface area contributed by atoms with Crippen LogP contribution in [0.25, 0.3) is 10.9 Å². The highest BCUT2D eigenvalue weighted by molar-refractivity contribution is 5.94. The lowest BCUT2D eigenvalue weighted by molar-refractivity contribution is 0.0696. The van der Waals surface area contributed by atoms with E-state index in [1.165, 1.54) is 6.20 Å². The molecule has 0 saturated heterocycles. The summed E-state index contributed by atoms with van der Waals surface area (Å²) >= 11 is 0. The third-order valence-corrected chi connectivity index (χ3v) is 2.52. The summed E-state index contributed by atoms with van der Waals surface area (Å²) in [4.78, 5) is 15.0. The van der Waals surface area contributed by atoms with Crippen molar-refractivity contribution >= 4 is 16.9 Å². The summed E-state index contributed by atoms with van der Waals surface area (Å²) < 4.78 is 0. The Morgan fingerprint density at radius 3 is 2.60 bits per heavy atom. The van der Waals surface area contributed by atoms with Crippen LogP contribution < -0.4 is 0 Å². The normalized spacial score (nSPS) is 10.5. The Hall–Kier alpha value is -1.90. The number of aromatic carboxylic acids is 1. The maximum Gasteiger partial charge on any atom is 0.337 e. The first-order chi connectivity index (χ1) is 7.09. The van der Waals surface area contributed by atoms with Gasteiger partial charge in [0, 0.05) is 11.6 Å². The number of hydrogen-bond acceptors (Lipinski definition) is 2. The van der Waals surface area contributed by atoms with Crippen LogP contribution in [0, 0.1) is 13.8 Å². The molecule has 2 rings (SSSR count). The van der Waals surface area contributed by atoms with Gasteiger partial charge in [0.25, 0.3) is 0 Å². The summed E-state index contributed by atoms with van der Waals surface area (Å²) in [5.41, 5.74) is 3.22. The molecular weight excluding hydrogens is 190 g/mol. The largest absolute Gasteiger partial charge is 0.478 e. The van der Waals surface area contributed by atoms with Crippen LogP contribution in [0.5, 0.6) is 0 Å². The number of fused-ring (bicyclic) bond motifs is 1. The van der Waals surface area contributed by atoms with Crippen LogP contribution in [0.15, 0.2) is 24.4 Å². The first-order valence-corrected chi connectivity index (χ1v) is 4.69. The molecule has 1 heterocycles. The number of carboxylic acid groups (broad SMARTS) is 1. The molecule has 76 valence electrons. The lowest BCUT2D eigenvalue weighted by Gasteiger charge is -2.05. The highest BCUT2D eigenvalue weighted by Gasteiger charge is 2.07. The molecule has 0 fully saturated rings. The second kappa shape index (κ2) is 3.35. The van der Waals surface area contributed by atoms with Gasteiger partial charge >= 0.3 is 5.97 Å². The first-order valence-electron chi connectivity index (χ1n) is 4.69. The van der Waals surface area contributed by atoms with Crippen molar-refractivity contribution in [2.75, 3.05) is 0 Å². The zero-order valence-electron chi connectivity index (χ0n) is 8.61. The van der Waals surface area contributed by atoms with E-state index in [-0.39, 0.29) is 5.56 Å². The average Bonchev–Trinajstić information content (AvgIpc) is 2.23. The minimum atomic E-state index is -0.940. The van der Waals surface area contributed by atoms with Gasteiger partial charge < -0.3 is 5.11 Å². The number of carbonyl (C=O) groups is 1. The SMILES string of the molecule is Cc1ccc(C)c2ncc(C(=O)O)cc12. The van der Waals surface area contributed by atoms with Gasteiger partial charge in [0.15, 0.2) is 0 Å². The minimum Gasteiger partial charge on any atom is -0.478 e. The van der Waals surface area contributed by atoms with Crippen molar-refractivity contribution in [1.29, 1.82) is 0 Å². The molecule has 3 nitrogen and oxygen atoms in total. The van der Waals surface area contributed by atoms with Crippen molar-refractivity contribution in [2.24, 2.45) is 0 Å². The lowest BCUT2D eigenvalue weighted by atomic mass is 10.0. The Labute approximate surface area is 87.4 Å². The number of nitrogens with zero attached hydrogens (tertiary/aromatic N) is 1. The fourth-order valence-electron chi connectivity index (χ4n) is 1.62. The number of hydrogen-bond donors (Lipinski definition) is 1. The van der Waals surface area contributed by atoms with Crippen molar-refractivity contribution in [1.82, 2.24) is 4.98 Å². The van der Waals surface area contributed by atoms with Gasteiger partial charge in [-0.3, -0.25) is 4.98 Å². The summed E-state index contributed by atoms with van der Waals surface area (Å²) in [7, 11) is 0. The molecule has 0 aliphatic carbocycles. The highest BCUT2D eigenvalue weighted by Crippen LogP contribution is 2.20. The predicted molar refractivity (Wildman–Crippen MR) is 58.2 cm³/mol. The minimum absolute atomic E-state index is 0.233. The van der Waals surface area contributed by atoms with Gasteiger partial charge in [0.2, 0.25) is 0 Å². The van der Waals surface area contributed by atoms with Crippen LogP contribution >= 0.6 is 0 Å². The molecule has 15 heavy (non-hydrogen) atoms. The summed E-state index contributed by atoms with van der Waals surface area (Å²) in [6, 6.07) is 5.64. The van der Waals surface area contributed by atoms with Crippen molar-refractivity contribution in [3.05, 3.63) is 41.1 Å². The summed E-state index contributed by atoms with van der Waals surface area (Å²) in [6.45, 7) is 3.92. The lowest BCUT2D eigenvalue weighted by Crippen LogP contribution is -1.98. The van der Waals surface area contributed by atoms with Crippen LogP contribution in [0.2, 0.25) is 0 Å². The topological polar surface area (TPSA) is 50.2 Å². The molecule has 0 saturated carbocycles. The number of aryl methyl sites for hydroxylation is 2. The van der Waals surface area contributed by atoms with Crippen LogP contribution in [-0.2, 0) is 0 Å². The number of aromatic nitrogens is 1. The van der Waals surface area contributed by atoms with Crippen molar-refractivity contribution in [2.45, 2.75) is 13.8 Å². The van der Waals surface area contributed by atoms with Gasteiger partial charge in [0.05, 0.1) is 11.1 Å². The molecule has 0 bridgehead atoms. The third-order valence-electron chi connectivity index (χ3n) is 2.52. The summed E-state index contributed by atoms with van der Waals surface area (Å²) in [6.07, 6.45) is 1.40. The molecule has 2 aromatic rings. The van der Waals surface area contributed by atoms with E-state index in [1.54, 1.807) is 6.07 Å². The fourth-order valence-corrected chi connectivity index (χ4v) is 1.62. The van der Waals surface area contributed by atoms with Crippen LogP contribution in [-0.4, -0.2) is 16.1 Å². The second-order valence-electron chi connectivity index (χ2n) is 3.62. The molecule has 1 aromatic heterocycles. The summed E-state index contributed by atoms with van der Waals surface area (Å²) in [5.74, 6) is -0.940. The zero-order chi connectivity index (χ0) is 11.0. The smallest absolute Gasteiger partial charge is 0.337 e. The number of rotatable bonds is 1. The maximum absolute atomic E-state index is 10.8. The standard InChI is InChI=1S/C12H11NO2/c1-7-3-4-8(2)11-10(7)5-9(6-13-11)12(14)15/h3-6H,1-2H3,(H,14,15). The Morgan fingerprint density at radius 2 is 1.93 bits per heavy atom. The molecule has 0 spiro atoms. The van der Waals surface area contributed by atoms with Gasteiger partial charge in [-0.2, -0.15) is 0 Å². The summed E-state index contributed by atoms with van der Waals surface area (Å²) in [5, 5.41) is 9.78. The molecule has 0 atom stereocenters. The zero-order valence-corrected chi connectivity index (χ0v) is 8.61. The molecule has 0 radical (unpaired) electrons. The van der Waals surface area contributed by atoms with E-state index in [0.717, 1.165) is 22.0 Å². The van der Waals surface area contributed by atoms with Gasteiger partial charge in [-0.15, -0.1) is 0 Å². The van der Waals surface area contributed by atoms with Crippen molar-refractivity contribution in [3.8, 4) is 0 Å². The van der Waals surface area contributed by atoms with Gasteiger partial charge in [-0.1, -0.05) is 12.1 Å². The Morgan fingerprint density at radius 1 is 1.27 bits per heavy atom. The quantitative estimate of drug-likeness (QED) is 0.771. The molecule has 0 amide bonds. The van der Waals surface area contributed by atoms with E-state index in [2.05, 4.69) is 4.98 Å². The number of carboxylic acids is 1. The van der Waals surface area contributed by atoms with E-state index in [0.29, 0.717) is 0 Å². The third kappa shape index (κ3) is 1.56. The Bertz CT molecular complexity index is 547. The molecule has 0 unspecified atom stereocenters. The van der Waals surface area contributed by atoms with Gasteiger partial charge in [0.1, 0.15) is 0 Å². The second-order valence-corrected chi connectivity index (χ2v) is 3.62. The molecular formula is C12H11NO2. The molecule has 3 heteroatoms. The monoisotopic (exact) mass is 201 g/mol. The molecule has 1 N–H and O–H groups in total. The van der Waals surface area contributed by atoms with E-state index < -0.39 is 5.97 Å². The molecule has 1 aromatic carbocycles. The molecule has 0 aliphatic heterocycles. The number of pyridine rings is 1. The van der Waals surface area contributed by atoms with Crippen LogP contribution in [0.1, 0.15) is 21.5 Å². The number of benzene rings is 1. The fraction of sp³-hybridized carbons (Fsp3) is 0.167. The first kappa shape index (κ1) is 9.65. The van der Waals surface area contributed by atoms with Crippen molar-refractivity contribution < 1.29 is 9.90 Å². The van der Waals surface area contributed by atoms with E-state index in [1.807, 2.05) is 26.0 Å². The van der Waals surface area contributed by atoms with Crippen molar-refractivity contribution in [3.63, 3.8) is 0 Å². The Balaban J connectivity index is 2.81. The highest BCUT2D eigenvalue weighted by atomic mass is 16.4. The van der Waals surface area contributed by atoms with Crippen LogP contribution in [0.4, 0.5) is 0 Å². The Kier molecular flexibility index (Phi) is 2.15. The van der Waals surface area contributed by atoms with E-state index in [9.17, 15) is 4.79 Å².